The number of nitrogens with zero attached hydrogens (tertiary/aromatic N) is 4. The number of benzene rings is 1. The Bertz CT molecular complexity index is 618. The molecule has 3 rings (SSSR count). The molecule has 2 heterocycles. The summed E-state index contributed by atoms with van der Waals surface area (Å²) in [5, 5.41) is 5.16. The number of thioether (sulfide) groups is 1. The third-order valence-corrected chi connectivity index (χ3v) is 3.70. The van der Waals surface area contributed by atoms with Gasteiger partial charge in [-0.3, -0.25) is 0 Å². The number of aryl methyl sites for hydroxylation is 1. The second kappa shape index (κ2) is 5.84. The van der Waals surface area contributed by atoms with Gasteiger partial charge in [-0.1, -0.05) is 42.1 Å². The molecule has 0 spiro atoms. The quantitative estimate of drug-likeness (QED) is 0.528. The van der Waals surface area contributed by atoms with Crippen LogP contribution in [0.3, 0.4) is 0 Å². The highest BCUT2D eigenvalue weighted by Gasteiger charge is 2.03. The van der Waals surface area contributed by atoms with Gasteiger partial charge in [-0.05, 0) is 24.5 Å². The van der Waals surface area contributed by atoms with Crippen molar-refractivity contribution in [2.75, 3.05) is 5.75 Å². The van der Waals surface area contributed by atoms with Crippen LogP contribution in [-0.4, -0.2) is 25.3 Å². The molecular weight excluding hydrogens is 256 g/mol. The normalized spacial score (nSPS) is 10.9. The van der Waals surface area contributed by atoms with Gasteiger partial charge < -0.3 is 0 Å². The fourth-order valence-corrected chi connectivity index (χ4v) is 2.62. The molecule has 0 saturated heterocycles. The summed E-state index contributed by atoms with van der Waals surface area (Å²) in [4.78, 5) is 8.51. The van der Waals surface area contributed by atoms with Gasteiger partial charge in [0.05, 0.1) is 0 Å². The minimum absolute atomic E-state index is 0.660. The lowest BCUT2D eigenvalue weighted by Gasteiger charge is -1.99. The lowest BCUT2D eigenvalue weighted by molar-refractivity contribution is 0.874. The first kappa shape index (κ1) is 12.2. The van der Waals surface area contributed by atoms with Gasteiger partial charge in [0.2, 0.25) is 5.16 Å². The fourth-order valence-electron chi connectivity index (χ4n) is 1.86. The fraction of sp³-hybridized carbons (Fsp3) is 0.214. The Hall–Kier alpha value is -1.88. The molecule has 0 bridgehead atoms. The minimum atomic E-state index is 0.660. The molecule has 1 aromatic carbocycles. The summed E-state index contributed by atoms with van der Waals surface area (Å²) in [6.45, 7) is 0. The van der Waals surface area contributed by atoms with Gasteiger partial charge in [0.15, 0.2) is 0 Å². The van der Waals surface area contributed by atoms with Crippen molar-refractivity contribution in [2.45, 2.75) is 18.0 Å². The SMILES string of the molecule is c1ccc(CCCSc2nc3ncccn3n2)cc1. The van der Waals surface area contributed by atoms with Crippen molar-refractivity contribution in [1.29, 1.82) is 0 Å². The molecule has 4 nitrogen and oxygen atoms in total. The molecule has 2 aromatic heterocycles. The van der Waals surface area contributed by atoms with Crippen LogP contribution in [0.15, 0.2) is 53.9 Å². The van der Waals surface area contributed by atoms with E-state index in [1.165, 1.54) is 5.56 Å². The number of aromatic nitrogens is 4. The van der Waals surface area contributed by atoms with Crippen LogP contribution in [0, 0.1) is 0 Å². The average Bonchev–Trinajstić information content (AvgIpc) is 2.87. The summed E-state index contributed by atoms with van der Waals surface area (Å²) < 4.78 is 1.71. The Morgan fingerprint density at radius 2 is 2.00 bits per heavy atom. The topological polar surface area (TPSA) is 43.1 Å². The first-order chi connectivity index (χ1) is 9.42. The second-order valence-corrected chi connectivity index (χ2v) is 5.26. The molecule has 0 N–H and O–H groups in total. The van der Waals surface area contributed by atoms with Crippen LogP contribution in [0.1, 0.15) is 12.0 Å². The van der Waals surface area contributed by atoms with Crippen LogP contribution in [0.25, 0.3) is 5.78 Å². The van der Waals surface area contributed by atoms with E-state index in [1.54, 1.807) is 22.5 Å². The van der Waals surface area contributed by atoms with E-state index in [9.17, 15) is 0 Å². The van der Waals surface area contributed by atoms with Crippen LogP contribution in [-0.2, 0) is 6.42 Å². The molecule has 0 unspecified atom stereocenters. The maximum atomic E-state index is 4.36. The van der Waals surface area contributed by atoms with Crippen molar-refractivity contribution in [3.05, 3.63) is 54.4 Å². The van der Waals surface area contributed by atoms with E-state index in [4.69, 9.17) is 0 Å². The number of hydrogen-bond donors (Lipinski definition) is 0. The van der Waals surface area contributed by atoms with Gasteiger partial charge in [0, 0.05) is 18.1 Å². The second-order valence-electron chi connectivity index (χ2n) is 4.20. The van der Waals surface area contributed by atoms with E-state index in [0.29, 0.717) is 5.78 Å². The highest BCUT2D eigenvalue weighted by atomic mass is 32.2. The molecule has 0 atom stereocenters. The maximum Gasteiger partial charge on any atom is 0.253 e. The highest BCUT2D eigenvalue weighted by Crippen LogP contribution is 2.15. The van der Waals surface area contributed by atoms with Gasteiger partial charge in [-0.25, -0.2) is 9.50 Å². The van der Waals surface area contributed by atoms with Crippen molar-refractivity contribution in [3.63, 3.8) is 0 Å². The Morgan fingerprint density at radius 1 is 1.11 bits per heavy atom. The molecule has 0 amide bonds. The average molecular weight is 270 g/mol. The maximum absolute atomic E-state index is 4.36. The van der Waals surface area contributed by atoms with Crippen LogP contribution in [0.4, 0.5) is 0 Å². The molecule has 96 valence electrons. The standard InChI is InChI=1S/C14H14N4S/c1-2-6-12(7-3-1)8-4-11-19-14-16-13-15-9-5-10-18(13)17-14/h1-3,5-7,9-10H,4,8,11H2. The Labute approximate surface area is 115 Å². The van der Waals surface area contributed by atoms with Crippen LogP contribution in [0.2, 0.25) is 0 Å². The zero-order chi connectivity index (χ0) is 12.9. The first-order valence-corrected chi connectivity index (χ1v) is 7.24. The molecule has 19 heavy (non-hydrogen) atoms. The van der Waals surface area contributed by atoms with Crippen molar-refractivity contribution in [3.8, 4) is 0 Å². The molecule has 0 aliphatic carbocycles. The number of rotatable bonds is 5. The lowest BCUT2D eigenvalue weighted by Crippen LogP contribution is -1.88. The highest BCUT2D eigenvalue weighted by molar-refractivity contribution is 7.99. The lowest BCUT2D eigenvalue weighted by atomic mass is 10.1. The molecule has 0 aliphatic rings. The largest absolute Gasteiger partial charge is 0.253 e. The summed E-state index contributed by atoms with van der Waals surface area (Å²) in [5.74, 6) is 1.68. The van der Waals surface area contributed by atoms with Crippen LogP contribution in [0.5, 0.6) is 0 Å². The monoisotopic (exact) mass is 270 g/mol. The zero-order valence-electron chi connectivity index (χ0n) is 10.4. The Morgan fingerprint density at radius 3 is 2.84 bits per heavy atom. The molecule has 0 saturated carbocycles. The van der Waals surface area contributed by atoms with Crippen molar-refractivity contribution in [2.24, 2.45) is 0 Å². The van der Waals surface area contributed by atoms with Crippen LogP contribution < -0.4 is 0 Å². The van der Waals surface area contributed by atoms with Crippen LogP contribution >= 0.6 is 11.8 Å². The predicted octanol–water partition coefficient (Wildman–Crippen LogP) is 2.85. The van der Waals surface area contributed by atoms with Crippen molar-refractivity contribution < 1.29 is 0 Å². The van der Waals surface area contributed by atoms with Gasteiger partial charge in [-0.2, -0.15) is 4.98 Å². The van der Waals surface area contributed by atoms with Gasteiger partial charge >= 0.3 is 0 Å². The summed E-state index contributed by atoms with van der Waals surface area (Å²) >= 11 is 1.68. The van der Waals surface area contributed by atoms with E-state index >= 15 is 0 Å². The Kier molecular flexibility index (Phi) is 3.74. The summed E-state index contributed by atoms with van der Waals surface area (Å²) in [6, 6.07) is 12.4. The minimum Gasteiger partial charge on any atom is -0.220 e. The molecule has 3 aromatic rings. The predicted molar refractivity (Wildman–Crippen MR) is 76.3 cm³/mol. The van der Waals surface area contributed by atoms with Gasteiger partial charge in [0.1, 0.15) is 0 Å². The smallest absolute Gasteiger partial charge is 0.220 e. The van der Waals surface area contributed by atoms with Crippen molar-refractivity contribution >= 4 is 17.5 Å². The molecule has 5 heteroatoms. The van der Waals surface area contributed by atoms with E-state index in [1.807, 2.05) is 18.3 Å². The molecule has 0 aliphatic heterocycles. The number of hydrogen-bond acceptors (Lipinski definition) is 4. The van der Waals surface area contributed by atoms with Gasteiger partial charge in [0.25, 0.3) is 5.78 Å². The summed E-state index contributed by atoms with van der Waals surface area (Å²) in [7, 11) is 0. The molecule has 0 fully saturated rings. The van der Waals surface area contributed by atoms with E-state index in [0.717, 1.165) is 23.8 Å². The molecule has 0 radical (unpaired) electrons. The first-order valence-electron chi connectivity index (χ1n) is 6.26. The van der Waals surface area contributed by atoms with E-state index < -0.39 is 0 Å². The van der Waals surface area contributed by atoms with E-state index in [-0.39, 0.29) is 0 Å². The summed E-state index contributed by atoms with van der Waals surface area (Å²) in [5.41, 5.74) is 1.38. The Balaban J connectivity index is 1.52. The van der Waals surface area contributed by atoms with Gasteiger partial charge in [-0.15, -0.1) is 5.10 Å². The summed E-state index contributed by atoms with van der Waals surface area (Å²) in [6.07, 6.45) is 5.81. The van der Waals surface area contributed by atoms with E-state index in [2.05, 4.69) is 39.3 Å². The third-order valence-electron chi connectivity index (χ3n) is 2.78. The number of fused-ring (bicyclic) bond motifs is 1. The third kappa shape index (κ3) is 3.12. The molecular formula is C14H14N4S. The zero-order valence-corrected chi connectivity index (χ0v) is 11.3. The van der Waals surface area contributed by atoms with Crippen molar-refractivity contribution in [1.82, 2.24) is 19.6 Å².